The Bertz CT molecular complexity index is 871. The molecule has 0 unspecified atom stereocenters. The predicted molar refractivity (Wildman–Crippen MR) is 108 cm³/mol. The van der Waals surface area contributed by atoms with Gasteiger partial charge < -0.3 is 4.74 Å². The molecule has 0 spiro atoms. The van der Waals surface area contributed by atoms with Crippen molar-refractivity contribution in [1.29, 1.82) is 0 Å². The van der Waals surface area contributed by atoms with Gasteiger partial charge in [-0.05, 0) is 61.2 Å². The predicted octanol–water partition coefficient (Wildman–Crippen LogP) is 5.68. The largest absolute Gasteiger partial charge is 0.494 e. The summed E-state index contributed by atoms with van der Waals surface area (Å²) in [5.41, 5.74) is 2.84. The zero-order valence-corrected chi connectivity index (χ0v) is 16.1. The van der Waals surface area contributed by atoms with Crippen LogP contribution in [0.4, 0.5) is 5.13 Å². The molecule has 1 heterocycles. The number of nitrogens with one attached hydrogen (secondary N) is 1. The molecule has 2 aromatic carbocycles. The summed E-state index contributed by atoms with van der Waals surface area (Å²) in [7, 11) is 0. The molecule has 0 aliphatic carbocycles. The molecule has 0 atom stereocenters. The van der Waals surface area contributed by atoms with Gasteiger partial charge in [0, 0.05) is 5.56 Å². The molecule has 4 nitrogen and oxygen atoms in total. The van der Waals surface area contributed by atoms with Gasteiger partial charge in [0.15, 0.2) is 5.13 Å². The highest BCUT2D eigenvalue weighted by atomic mass is 32.1. The van der Waals surface area contributed by atoms with Gasteiger partial charge in [-0.2, -0.15) is 0 Å². The summed E-state index contributed by atoms with van der Waals surface area (Å²) in [6, 6.07) is 13.5. The molecule has 3 aromatic rings. The minimum absolute atomic E-state index is 0.155. The lowest BCUT2D eigenvalue weighted by molar-refractivity contribution is 0.102. The molecule has 5 heteroatoms. The van der Waals surface area contributed by atoms with Crippen molar-refractivity contribution in [2.75, 3.05) is 11.9 Å². The first-order chi connectivity index (χ1) is 12.7. The number of benzene rings is 2. The topological polar surface area (TPSA) is 51.2 Å². The maximum atomic E-state index is 12.4. The first kappa shape index (κ1) is 18.4. The van der Waals surface area contributed by atoms with Gasteiger partial charge in [0.1, 0.15) is 5.75 Å². The Hall–Kier alpha value is -2.40. The van der Waals surface area contributed by atoms with Gasteiger partial charge in [-0.15, -0.1) is 0 Å². The molecular formula is C21H24N2O2S. The number of aromatic nitrogens is 1. The van der Waals surface area contributed by atoms with Crippen LogP contribution in [-0.4, -0.2) is 17.5 Å². The number of amides is 1. The van der Waals surface area contributed by atoms with E-state index in [4.69, 9.17) is 4.74 Å². The number of carbonyl (C=O) groups excluding carboxylic acids is 1. The van der Waals surface area contributed by atoms with Gasteiger partial charge in [-0.25, -0.2) is 4.98 Å². The lowest BCUT2D eigenvalue weighted by atomic mass is 10.1. The molecule has 0 aliphatic heterocycles. The number of carbonyl (C=O) groups is 1. The van der Waals surface area contributed by atoms with Crippen LogP contribution < -0.4 is 10.1 Å². The SMILES string of the molecule is CCCCc1ccc2nc(NC(=O)c3ccc(OCCC)cc3)sc2c1. The monoisotopic (exact) mass is 368 g/mol. The van der Waals surface area contributed by atoms with Gasteiger partial charge in [0.2, 0.25) is 0 Å². The minimum Gasteiger partial charge on any atom is -0.494 e. The van der Waals surface area contributed by atoms with E-state index in [1.54, 1.807) is 12.1 Å². The van der Waals surface area contributed by atoms with Gasteiger partial charge in [-0.3, -0.25) is 10.1 Å². The van der Waals surface area contributed by atoms with E-state index >= 15 is 0 Å². The van der Waals surface area contributed by atoms with E-state index in [2.05, 4.69) is 36.3 Å². The second-order valence-electron chi connectivity index (χ2n) is 6.25. The molecule has 0 saturated heterocycles. The van der Waals surface area contributed by atoms with Crippen LogP contribution in [0.2, 0.25) is 0 Å². The van der Waals surface area contributed by atoms with Crippen molar-refractivity contribution < 1.29 is 9.53 Å². The fourth-order valence-corrected chi connectivity index (χ4v) is 3.58. The molecule has 0 fully saturated rings. The molecule has 0 saturated carbocycles. The maximum absolute atomic E-state index is 12.4. The molecule has 1 N–H and O–H groups in total. The second-order valence-corrected chi connectivity index (χ2v) is 7.28. The average Bonchev–Trinajstić information content (AvgIpc) is 3.06. The van der Waals surface area contributed by atoms with E-state index in [1.165, 1.54) is 29.7 Å². The second kappa shape index (κ2) is 8.81. The molecule has 0 bridgehead atoms. The zero-order valence-electron chi connectivity index (χ0n) is 15.2. The van der Waals surface area contributed by atoms with Crippen LogP contribution in [0.15, 0.2) is 42.5 Å². The first-order valence-electron chi connectivity index (χ1n) is 9.13. The summed E-state index contributed by atoms with van der Waals surface area (Å²) in [6.07, 6.45) is 4.41. The van der Waals surface area contributed by atoms with E-state index < -0.39 is 0 Å². The van der Waals surface area contributed by atoms with Crippen molar-refractivity contribution >= 4 is 32.6 Å². The summed E-state index contributed by atoms with van der Waals surface area (Å²) >= 11 is 1.51. The summed E-state index contributed by atoms with van der Waals surface area (Å²) in [6.45, 7) is 4.94. The summed E-state index contributed by atoms with van der Waals surface area (Å²) in [5, 5.41) is 3.53. The Kier molecular flexibility index (Phi) is 6.23. The maximum Gasteiger partial charge on any atom is 0.257 e. The van der Waals surface area contributed by atoms with E-state index in [-0.39, 0.29) is 5.91 Å². The molecule has 136 valence electrons. The molecule has 3 rings (SSSR count). The van der Waals surface area contributed by atoms with Crippen molar-refractivity contribution in [3.63, 3.8) is 0 Å². The van der Waals surface area contributed by atoms with E-state index in [9.17, 15) is 4.79 Å². The van der Waals surface area contributed by atoms with Crippen LogP contribution in [0.5, 0.6) is 5.75 Å². The van der Waals surface area contributed by atoms with Crippen LogP contribution in [0, 0.1) is 0 Å². The Balaban J connectivity index is 1.68. The molecular weight excluding hydrogens is 344 g/mol. The number of rotatable bonds is 8. The minimum atomic E-state index is -0.155. The Morgan fingerprint density at radius 2 is 1.92 bits per heavy atom. The van der Waals surface area contributed by atoms with E-state index in [0.29, 0.717) is 17.3 Å². The highest BCUT2D eigenvalue weighted by Crippen LogP contribution is 2.27. The molecule has 26 heavy (non-hydrogen) atoms. The Morgan fingerprint density at radius 1 is 1.12 bits per heavy atom. The highest BCUT2D eigenvalue weighted by molar-refractivity contribution is 7.22. The smallest absolute Gasteiger partial charge is 0.257 e. The molecule has 0 radical (unpaired) electrons. The van der Waals surface area contributed by atoms with Crippen LogP contribution in [0.3, 0.4) is 0 Å². The third kappa shape index (κ3) is 4.61. The number of ether oxygens (including phenoxy) is 1. The van der Waals surface area contributed by atoms with Crippen molar-refractivity contribution in [1.82, 2.24) is 4.98 Å². The Labute approximate surface area is 158 Å². The summed E-state index contributed by atoms with van der Waals surface area (Å²) in [5.74, 6) is 0.625. The molecule has 1 amide bonds. The van der Waals surface area contributed by atoms with Crippen molar-refractivity contribution in [3.8, 4) is 5.75 Å². The van der Waals surface area contributed by atoms with Crippen LogP contribution in [0.25, 0.3) is 10.2 Å². The van der Waals surface area contributed by atoms with Crippen LogP contribution in [0.1, 0.15) is 49.0 Å². The third-order valence-electron chi connectivity index (χ3n) is 4.08. The highest BCUT2D eigenvalue weighted by Gasteiger charge is 2.10. The van der Waals surface area contributed by atoms with Crippen molar-refractivity contribution in [3.05, 3.63) is 53.6 Å². The first-order valence-corrected chi connectivity index (χ1v) is 9.95. The quantitative estimate of drug-likeness (QED) is 0.556. The number of aryl methyl sites for hydroxylation is 1. The van der Waals surface area contributed by atoms with Gasteiger partial charge in [-0.1, -0.05) is 37.7 Å². The number of hydrogen-bond donors (Lipinski definition) is 1. The number of hydrogen-bond acceptors (Lipinski definition) is 4. The Morgan fingerprint density at radius 3 is 2.65 bits per heavy atom. The zero-order chi connectivity index (χ0) is 18.4. The van der Waals surface area contributed by atoms with E-state index in [0.717, 1.165) is 28.8 Å². The number of thiazole rings is 1. The summed E-state index contributed by atoms with van der Waals surface area (Å²) in [4.78, 5) is 17.0. The summed E-state index contributed by atoms with van der Waals surface area (Å²) < 4.78 is 6.65. The van der Waals surface area contributed by atoms with E-state index in [1.807, 2.05) is 18.2 Å². The third-order valence-corrected chi connectivity index (χ3v) is 5.02. The number of fused-ring (bicyclic) bond motifs is 1. The lowest BCUT2D eigenvalue weighted by Crippen LogP contribution is -2.11. The number of anilines is 1. The van der Waals surface area contributed by atoms with Gasteiger partial charge >= 0.3 is 0 Å². The molecule has 1 aromatic heterocycles. The standard InChI is InChI=1S/C21H24N2O2S/c1-3-5-6-15-7-12-18-19(14-15)26-21(22-18)23-20(24)16-8-10-17(11-9-16)25-13-4-2/h7-12,14H,3-6,13H2,1-2H3,(H,22,23,24). The van der Waals surface area contributed by atoms with Crippen LogP contribution in [-0.2, 0) is 6.42 Å². The van der Waals surface area contributed by atoms with Gasteiger partial charge in [0.25, 0.3) is 5.91 Å². The van der Waals surface area contributed by atoms with Crippen molar-refractivity contribution in [2.24, 2.45) is 0 Å². The fraction of sp³-hybridized carbons (Fsp3) is 0.333. The number of unbranched alkanes of at least 4 members (excludes halogenated alkanes) is 1. The van der Waals surface area contributed by atoms with Gasteiger partial charge in [0.05, 0.1) is 16.8 Å². The lowest BCUT2D eigenvalue weighted by Gasteiger charge is -2.05. The number of nitrogens with zero attached hydrogens (tertiary/aromatic N) is 1. The normalized spacial score (nSPS) is 10.8. The average molecular weight is 369 g/mol. The fourth-order valence-electron chi connectivity index (χ4n) is 2.65. The van der Waals surface area contributed by atoms with Crippen molar-refractivity contribution in [2.45, 2.75) is 39.5 Å². The van der Waals surface area contributed by atoms with Crippen LogP contribution >= 0.6 is 11.3 Å². The molecule has 0 aliphatic rings.